The van der Waals surface area contributed by atoms with Crippen molar-refractivity contribution in [3.8, 4) is 0 Å². The van der Waals surface area contributed by atoms with Gasteiger partial charge in [0.05, 0.1) is 5.57 Å². The largest absolute Gasteiger partial charge is 0.366 e. The molecule has 4 rings (SSSR count). The van der Waals surface area contributed by atoms with Gasteiger partial charge in [-0.2, -0.15) is 0 Å². The third kappa shape index (κ3) is 3.14. The van der Waals surface area contributed by atoms with Crippen LogP contribution in [0.15, 0.2) is 23.2 Å². The molecule has 2 fully saturated rings. The third-order valence-electron chi connectivity index (χ3n) is 5.72. The summed E-state index contributed by atoms with van der Waals surface area (Å²) in [4.78, 5) is 31.4. The number of carbonyl (C=O) groups excluding carboxylic acids is 2. The van der Waals surface area contributed by atoms with Gasteiger partial charge in [-0.15, -0.1) is 11.3 Å². The average Bonchev–Trinajstić information content (AvgIpc) is 3.14. The van der Waals surface area contributed by atoms with Crippen LogP contribution in [0, 0.1) is 0 Å². The molecule has 1 aliphatic carbocycles. The van der Waals surface area contributed by atoms with Gasteiger partial charge >= 0.3 is 0 Å². The molecule has 2 amide bonds. The van der Waals surface area contributed by atoms with Crippen LogP contribution in [0.2, 0.25) is 0 Å². The second-order valence-corrected chi connectivity index (χ2v) is 8.32. The number of nitrogens with zero attached hydrogens (tertiary/aromatic N) is 2. The van der Waals surface area contributed by atoms with Crippen molar-refractivity contribution in [1.29, 1.82) is 0 Å². The number of piperidine rings is 1. The molecule has 0 atom stereocenters. The summed E-state index contributed by atoms with van der Waals surface area (Å²) >= 11 is 1.56. The molecule has 5 heteroatoms. The van der Waals surface area contributed by atoms with E-state index in [1.807, 2.05) is 17.5 Å². The fourth-order valence-electron chi connectivity index (χ4n) is 4.44. The zero-order valence-electron chi connectivity index (χ0n) is 14.7. The number of hydrogen-bond donors (Lipinski definition) is 0. The first-order valence-electron chi connectivity index (χ1n) is 9.68. The second-order valence-electron chi connectivity index (χ2n) is 7.37. The third-order valence-corrected chi connectivity index (χ3v) is 6.61. The Kier molecular flexibility index (Phi) is 4.93. The highest BCUT2D eigenvalue weighted by Gasteiger charge is 2.45. The van der Waals surface area contributed by atoms with Crippen molar-refractivity contribution in [2.24, 2.45) is 0 Å². The van der Waals surface area contributed by atoms with E-state index in [9.17, 15) is 9.59 Å². The van der Waals surface area contributed by atoms with Crippen molar-refractivity contribution in [3.63, 3.8) is 0 Å². The van der Waals surface area contributed by atoms with Crippen LogP contribution in [0.4, 0.5) is 0 Å². The summed E-state index contributed by atoms with van der Waals surface area (Å²) in [6.45, 7) is 1.78. The lowest BCUT2D eigenvalue weighted by molar-refractivity contribution is -0.140. The Bertz CT molecular complexity index is 666. The van der Waals surface area contributed by atoms with Gasteiger partial charge < -0.3 is 4.90 Å². The first-order valence-corrected chi connectivity index (χ1v) is 10.6. The molecule has 0 bridgehead atoms. The minimum Gasteiger partial charge on any atom is -0.366 e. The zero-order valence-corrected chi connectivity index (χ0v) is 15.5. The molecule has 0 unspecified atom stereocenters. The van der Waals surface area contributed by atoms with E-state index in [0.29, 0.717) is 11.3 Å². The molecule has 0 aromatic carbocycles. The van der Waals surface area contributed by atoms with Crippen LogP contribution < -0.4 is 0 Å². The Balaban J connectivity index is 1.70. The summed E-state index contributed by atoms with van der Waals surface area (Å²) < 4.78 is 0. The molecule has 2 aliphatic heterocycles. The Morgan fingerprint density at radius 2 is 1.56 bits per heavy atom. The highest BCUT2D eigenvalue weighted by Crippen LogP contribution is 2.38. The van der Waals surface area contributed by atoms with Gasteiger partial charge in [0, 0.05) is 24.0 Å². The second kappa shape index (κ2) is 7.32. The molecular formula is C20H26N2O2S. The first-order chi connectivity index (χ1) is 12.3. The summed E-state index contributed by atoms with van der Waals surface area (Å²) in [5.41, 5.74) is 1.34. The van der Waals surface area contributed by atoms with Gasteiger partial charge in [0.2, 0.25) is 0 Å². The fourth-order valence-corrected chi connectivity index (χ4v) is 5.20. The number of likely N-dealkylation sites (tertiary alicyclic amines) is 1. The number of amides is 2. The molecule has 0 radical (unpaired) electrons. The smallest absolute Gasteiger partial charge is 0.278 e. The summed E-state index contributed by atoms with van der Waals surface area (Å²) in [6.07, 6.45) is 10.0. The van der Waals surface area contributed by atoms with Crippen LogP contribution in [0.5, 0.6) is 0 Å². The number of rotatable bonds is 3. The maximum absolute atomic E-state index is 13.3. The van der Waals surface area contributed by atoms with Gasteiger partial charge in [-0.3, -0.25) is 14.5 Å². The van der Waals surface area contributed by atoms with E-state index >= 15 is 0 Å². The van der Waals surface area contributed by atoms with Crippen molar-refractivity contribution in [1.82, 2.24) is 9.80 Å². The molecule has 134 valence electrons. The van der Waals surface area contributed by atoms with Gasteiger partial charge in [-0.05, 0) is 43.6 Å². The predicted octanol–water partition coefficient (Wildman–Crippen LogP) is 4.04. The van der Waals surface area contributed by atoms with E-state index in [1.165, 1.54) is 19.3 Å². The summed E-state index contributed by atoms with van der Waals surface area (Å²) in [6, 6.07) is 4.03. The topological polar surface area (TPSA) is 40.6 Å². The number of thiophene rings is 1. The minimum atomic E-state index is -0.0556. The van der Waals surface area contributed by atoms with Gasteiger partial charge in [-0.1, -0.05) is 31.7 Å². The highest BCUT2D eigenvalue weighted by molar-refractivity contribution is 7.11. The van der Waals surface area contributed by atoms with E-state index < -0.39 is 0 Å². The molecule has 0 N–H and O–H groups in total. The van der Waals surface area contributed by atoms with Crippen LogP contribution in [0.3, 0.4) is 0 Å². The van der Waals surface area contributed by atoms with Crippen molar-refractivity contribution >= 4 is 28.7 Å². The van der Waals surface area contributed by atoms with Gasteiger partial charge in [-0.25, -0.2) is 0 Å². The molecule has 3 aliphatic rings. The first kappa shape index (κ1) is 16.8. The highest BCUT2D eigenvalue weighted by atomic mass is 32.1. The van der Waals surface area contributed by atoms with Crippen LogP contribution in [0.25, 0.3) is 5.57 Å². The Morgan fingerprint density at radius 1 is 0.880 bits per heavy atom. The van der Waals surface area contributed by atoms with Crippen LogP contribution >= 0.6 is 11.3 Å². The Morgan fingerprint density at radius 3 is 2.20 bits per heavy atom. The van der Waals surface area contributed by atoms with Gasteiger partial charge in [0.1, 0.15) is 5.70 Å². The van der Waals surface area contributed by atoms with E-state index in [-0.39, 0.29) is 17.9 Å². The standard InChI is InChI=1S/C20H26N2O2S/c23-19-17(16-11-8-14-25-16)18(21-12-6-3-7-13-21)20(24)22(19)15-9-4-1-2-5-10-15/h8,11,14-15H,1-7,9-10,12-13H2. The normalized spacial score (nSPS) is 23.5. The minimum absolute atomic E-state index is 0.0396. The molecule has 1 aromatic heterocycles. The fraction of sp³-hybridized carbons (Fsp3) is 0.600. The monoisotopic (exact) mass is 358 g/mol. The lowest BCUT2D eigenvalue weighted by Gasteiger charge is -2.31. The van der Waals surface area contributed by atoms with Crippen molar-refractivity contribution in [2.45, 2.75) is 63.8 Å². The van der Waals surface area contributed by atoms with Crippen molar-refractivity contribution in [3.05, 3.63) is 28.1 Å². The quantitative estimate of drug-likeness (QED) is 0.605. The SMILES string of the molecule is O=C1C(c2cccs2)=C(N2CCCCC2)C(=O)N1C1CCCCCC1. The number of carbonyl (C=O) groups is 2. The average molecular weight is 359 g/mol. The summed E-state index contributed by atoms with van der Waals surface area (Å²) in [5.74, 6) is -0.0953. The molecule has 25 heavy (non-hydrogen) atoms. The molecule has 1 saturated heterocycles. The summed E-state index contributed by atoms with van der Waals surface area (Å²) in [7, 11) is 0. The van der Waals surface area contributed by atoms with Crippen LogP contribution in [0.1, 0.15) is 62.7 Å². The Labute approximate surface area is 153 Å². The van der Waals surface area contributed by atoms with E-state index in [2.05, 4.69) is 4.90 Å². The maximum atomic E-state index is 13.3. The summed E-state index contributed by atoms with van der Waals surface area (Å²) in [5, 5.41) is 1.99. The van der Waals surface area contributed by atoms with E-state index in [1.54, 1.807) is 16.2 Å². The molecular weight excluding hydrogens is 332 g/mol. The molecule has 3 heterocycles. The molecule has 1 aromatic rings. The molecule has 1 saturated carbocycles. The van der Waals surface area contributed by atoms with E-state index in [0.717, 1.165) is 56.5 Å². The van der Waals surface area contributed by atoms with E-state index in [4.69, 9.17) is 0 Å². The van der Waals surface area contributed by atoms with Gasteiger partial charge in [0.25, 0.3) is 11.8 Å². The molecule has 0 spiro atoms. The van der Waals surface area contributed by atoms with Crippen molar-refractivity contribution in [2.75, 3.05) is 13.1 Å². The maximum Gasteiger partial charge on any atom is 0.278 e. The predicted molar refractivity (Wildman–Crippen MR) is 100 cm³/mol. The number of hydrogen-bond acceptors (Lipinski definition) is 4. The van der Waals surface area contributed by atoms with Crippen LogP contribution in [-0.2, 0) is 9.59 Å². The lowest BCUT2D eigenvalue weighted by atomic mass is 10.1. The lowest BCUT2D eigenvalue weighted by Crippen LogP contribution is -2.43. The van der Waals surface area contributed by atoms with Crippen molar-refractivity contribution < 1.29 is 9.59 Å². The Hall–Kier alpha value is -1.62. The molecule has 4 nitrogen and oxygen atoms in total. The van der Waals surface area contributed by atoms with Crippen LogP contribution in [-0.4, -0.2) is 40.7 Å². The zero-order chi connectivity index (χ0) is 17.2. The number of imide groups is 1. The van der Waals surface area contributed by atoms with Gasteiger partial charge in [0.15, 0.2) is 0 Å².